The van der Waals surface area contributed by atoms with Crippen LogP contribution in [0.2, 0.25) is 0 Å². The third kappa shape index (κ3) is 3.30. The molecule has 2 aromatic carbocycles. The Morgan fingerprint density at radius 3 is 2.27 bits per heavy atom. The molecule has 0 aliphatic carbocycles. The molecular formula is C15H16FNO4S. The molecule has 0 heterocycles. The van der Waals surface area contributed by atoms with E-state index in [1.54, 1.807) is 6.92 Å². The van der Waals surface area contributed by atoms with Crippen LogP contribution in [0, 0.1) is 12.7 Å². The van der Waals surface area contributed by atoms with Crippen LogP contribution in [-0.2, 0) is 10.0 Å². The minimum Gasteiger partial charge on any atom is -0.493 e. The van der Waals surface area contributed by atoms with E-state index >= 15 is 0 Å². The summed E-state index contributed by atoms with van der Waals surface area (Å²) in [4.78, 5) is 0.0221. The van der Waals surface area contributed by atoms with Crippen LogP contribution in [0.5, 0.6) is 11.5 Å². The van der Waals surface area contributed by atoms with E-state index in [0.29, 0.717) is 22.7 Å². The van der Waals surface area contributed by atoms with Crippen LogP contribution in [0.25, 0.3) is 0 Å². The SMILES string of the molecule is COc1ccc(S(=O)(=O)Nc2ccc(F)cc2C)cc1OC. The smallest absolute Gasteiger partial charge is 0.262 e. The van der Waals surface area contributed by atoms with E-state index in [-0.39, 0.29) is 4.90 Å². The molecule has 0 aromatic heterocycles. The lowest BCUT2D eigenvalue weighted by Gasteiger charge is -2.13. The Balaban J connectivity index is 2.38. The zero-order chi connectivity index (χ0) is 16.3. The molecule has 118 valence electrons. The lowest BCUT2D eigenvalue weighted by molar-refractivity contribution is 0.354. The van der Waals surface area contributed by atoms with E-state index in [4.69, 9.17) is 9.47 Å². The molecule has 0 unspecified atom stereocenters. The highest BCUT2D eigenvalue weighted by molar-refractivity contribution is 7.92. The van der Waals surface area contributed by atoms with Gasteiger partial charge in [-0.1, -0.05) is 0 Å². The first-order valence-corrected chi connectivity index (χ1v) is 7.86. The van der Waals surface area contributed by atoms with Crippen molar-refractivity contribution in [2.75, 3.05) is 18.9 Å². The number of methoxy groups -OCH3 is 2. The normalized spacial score (nSPS) is 11.1. The fraction of sp³-hybridized carbons (Fsp3) is 0.200. The Morgan fingerprint density at radius 1 is 1.00 bits per heavy atom. The van der Waals surface area contributed by atoms with Gasteiger partial charge in [0.2, 0.25) is 0 Å². The molecule has 0 saturated heterocycles. The maximum atomic E-state index is 13.1. The van der Waals surface area contributed by atoms with Gasteiger partial charge in [0.15, 0.2) is 11.5 Å². The Kier molecular flexibility index (Phi) is 4.56. The molecule has 0 radical (unpaired) electrons. The molecule has 0 bridgehead atoms. The molecule has 22 heavy (non-hydrogen) atoms. The van der Waals surface area contributed by atoms with Crippen molar-refractivity contribution >= 4 is 15.7 Å². The van der Waals surface area contributed by atoms with Gasteiger partial charge in [0.05, 0.1) is 24.8 Å². The van der Waals surface area contributed by atoms with Crippen molar-refractivity contribution < 1.29 is 22.3 Å². The number of sulfonamides is 1. The van der Waals surface area contributed by atoms with Gasteiger partial charge >= 0.3 is 0 Å². The van der Waals surface area contributed by atoms with Crippen molar-refractivity contribution in [2.45, 2.75) is 11.8 Å². The Morgan fingerprint density at radius 2 is 1.68 bits per heavy atom. The molecule has 2 aromatic rings. The summed E-state index contributed by atoms with van der Waals surface area (Å²) in [5.74, 6) is 0.312. The number of ether oxygens (including phenoxy) is 2. The average Bonchev–Trinajstić information content (AvgIpc) is 2.49. The number of anilines is 1. The Bertz CT molecular complexity index is 790. The first kappa shape index (κ1) is 16.1. The predicted octanol–water partition coefficient (Wildman–Crippen LogP) is 2.95. The summed E-state index contributed by atoms with van der Waals surface area (Å²) in [6.07, 6.45) is 0. The standard InChI is InChI=1S/C15H16FNO4S/c1-10-8-11(16)4-6-13(10)17-22(18,19)12-5-7-14(20-2)15(9-12)21-3/h4-9,17H,1-3H3. The van der Waals surface area contributed by atoms with E-state index in [1.165, 1.54) is 50.6 Å². The Hall–Kier alpha value is -2.28. The highest BCUT2D eigenvalue weighted by atomic mass is 32.2. The van der Waals surface area contributed by atoms with Crippen molar-refractivity contribution in [3.63, 3.8) is 0 Å². The van der Waals surface area contributed by atoms with Gasteiger partial charge in [0.25, 0.3) is 10.0 Å². The summed E-state index contributed by atoms with van der Waals surface area (Å²) in [7, 11) is -0.927. The van der Waals surface area contributed by atoms with E-state index in [9.17, 15) is 12.8 Å². The first-order chi connectivity index (χ1) is 10.4. The van der Waals surface area contributed by atoms with Crippen molar-refractivity contribution in [1.82, 2.24) is 0 Å². The van der Waals surface area contributed by atoms with Gasteiger partial charge in [0, 0.05) is 6.07 Å². The van der Waals surface area contributed by atoms with Gasteiger partial charge < -0.3 is 9.47 Å². The average molecular weight is 325 g/mol. The molecule has 0 aliphatic rings. The zero-order valence-corrected chi connectivity index (χ0v) is 13.2. The monoisotopic (exact) mass is 325 g/mol. The Labute approximate surface area is 128 Å². The van der Waals surface area contributed by atoms with Gasteiger partial charge in [-0.2, -0.15) is 0 Å². The largest absolute Gasteiger partial charge is 0.493 e. The lowest BCUT2D eigenvalue weighted by Crippen LogP contribution is -2.14. The second kappa shape index (κ2) is 6.23. The lowest BCUT2D eigenvalue weighted by atomic mass is 10.2. The fourth-order valence-corrected chi connectivity index (χ4v) is 3.07. The predicted molar refractivity (Wildman–Crippen MR) is 81.5 cm³/mol. The molecule has 5 nitrogen and oxygen atoms in total. The molecule has 0 saturated carbocycles. The van der Waals surface area contributed by atoms with E-state index in [0.717, 1.165) is 0 Å². The summed E-state index contributed by atoms with van der Waals surface area (Å²) < 4.78 is 50.5. The van der Waals surface area contributed by atoms with Crippen molar-refractivity contribution in [1.29, 1.82) is 0 Å². The van der Waals surface area contributed by atoms with Gasteiger partial charge in [-0.15, -0.1) is 0 Å². The number of aryl methyl sites for hydroxylation is 1. The van der Waals surface area contributed by atoms with Crippen LogP contribution in [0.3, 0.4) is 0 Å². The number of benzene rings is 2. The topological polar surface area (TPSA) is 64.6 Å². The highest BCUT2D eigenvalue weighted by Crippen LogP contribution is 2.30. The molecule has 0 amide bonds. The van der Waals surface area contributed by atoms with Crippen LogP contribution < -0.4 is 14.2 Å². The van der Waals surface area contributed by atoms with Crippen LogP contribution in [-0.4, -0.2) is 22.6 Å². The number of halogens is 1. The third-order valence-electron chi connectivity index (χ3n) is 3.10. The zero-order valence-electron chi connectivity index (χ0n) is 12.4. The maximum absolute atomic E-state index is 13.1. The molecule has 1 N–H and O–H groups in total. The van der Waals surface area contributed by atoms with Crippen molar-refractivity contribution in [3.05, 3.63) is 47.8 Å². The van der Waals surface area contributed by atoms with Gasteiger partial charge in [0.1, 0.15) is 5.82 Å². The molecule has 0 spiro atoms. The fourth-order valence-electron chi connectivity index (χ4n) is 1.93. The molecule has 0 atom stereocenters. The summed E-state index contributed by atoms with van der Waals surface area (Å²) in [6.45, 7) is 1.62. The van der Waals surface area contributed by atoms with E-state index in [2.05, 4.69) is 4.72 Å². The summed E-state index contributed by atoms with van der Waals surface area (Å²) >= 11 is 0. The van der Waals surface area contributed by atoms with Crippen molar-refractivity contribution in [2.24, 2.45) is 0 Å². The number of hydrogen-bond donors (Lipinski definition) is 1. The summed E-state index contributed by atoms with van der Waals surface area (Å²) in [5.41, 5.74) is 0.806. The highest BCUT2D eigenvalue weighted by Gasteiger charge is 2.18. The summed E-state index contributed by atoms with van der Waals surface area (Å²) in [5, 5.41) is 0. The second-order valence-electron chi connectivity index (χ2n) is 4.58. The molecule has 0 aliphatic heterocycles. The minimum absolute atomic E-state index is 0.0221. The third-order valence-corrected chi connectivity index (χ3v) is 4.46. The van der Waals surface area contributed by atoms with Crippen molar-refractivity contribution in [3.8, 4) is 11.5 Å². The summed E-state index contributed by atoms with van der Waals surface area (Å²) in [6, 6.07) is 8.10. The van der Waals surface area contributed by atoms with Crippen LogP contribution in [0.4, 0.5) is 10.1 Å². The second-order valence-corrected chi connectivity index (χ2v) is 6.26. The van der Waals surface area contributed by atoms with Gasteiger partial charge in [-0.05, 0) is 42.8 Å². The van der Waals surface area contributed by atoms with Gasteiger partial charge in [-0.3, -0.25) is 4.72 Å². The van der Waals surface area contributed by atoms with Gasteiger partial charge in [-0.25, -0.2) is 12.8 Å². The number of rotatable bonds is 5. The number of hydrogen-bond acceptors (Lipinski definition) is 4. The maximum Gasteiger partial charge on any atom is 0.262 e. The minimum atomic E-state index is -3.81. The van der Waals surface area contributed by atoms with E-state index < -0.39 is 15.8 Å². The first-order valence-electron chi connectivity index (χ1n) is 6.38. The van der Waals surface area contributed by atoms with E-state index in [1.807, 2.05) is 0 Å². The van der Waals surface area contributed by atoms with Crippen LogP contribution in [0.15, 0.2) is 41.3 Å². The molecule has 0 fully saturated rings. The molecular weight excluding hydrogens is 309 g/mol. The van der Waals surface area contributed by atoms with Crippen LogP contribution in [0.1, 0.15) is 5.56 Å². The molecule has 7 heteroatoms. The van der Waals surface area contributed by atoms with Crippen LogP contribution >= 0.6 is 0 Å². The molecule has 2 rings (SSSR count). The quantitative estimate of drug-likeness (QED) is 0.918. The number of nitrogens with one attached hydrogen (secondary N) is 1.